The van der Waals surface area contributed by atoms with Crippen molar-refractivity contribution in [3.8, 4) is 11.1 Å². The van der Waals surface area contributed by atoms with Gasteiger partial charge in [-0.15, -0.1) is 0 Å². The predicted molar refractivity (Wildman–Crippen MR) is 96.6 cm³/mol. The van der Waals surface area contributed by atoms with Gasteiger partial charge in [0.25, 0.3) is 5.56 Å². The summed E-state index contributed by atoms with van der Waals surface area (Å²) in [4.78, 5) is 19.3. The van der Waals surface area contributed by atoms with Crippen LogP contribution in [0.1, 0.15) is 22.6 Å². The number of fused-ring (bicyclic) bond motifs is 1. The van der Waals surface area contributed by atoms with Crippen molar-refractivity contribution in [2.24, 2.45) is 0 Å². The van der Waals surface area contributed by atoms with Crippen LogP contribution >= 0.6 is 0 Å². The Hall–Kier alpha value is -3.21. The van der Waals surface area contributed by atoms with Crippen LogP contribution in [0.15, 0.2) is 58.1 Å². The van der Waals surface area contributed by atoms with Gasteiger partial charge in [-0.05, 0) is 37.1 Å². The summed E-state index contributed by atoms with van der Waals surface area (Å²) in [5, 5.41) is 5.09. The lowest BCUT2D eigenvalue weighted by Gasteiger charge is -2.10. The van der Waals surface area contributed by atoms with Crippen molar-refractivity contribution in [1.82, 2.24) is 15.1 Å². The standard InChI is InChI=1S/C20H17N3O2/c1-12-18(13(2)25-23-12)16-8-7-14(19-17(16)6-4-9-21-19)11-15-5-3-10-22-20(15)24/h3-10H,11H2,1-2H3,(H,22,24). The largest absolute Gasteiger partial charge is 0.361 e. The van der Waals surface area contributed by atoms with Gasteiger partial charge in [0.15, 0.2) is 0 Å². The summed E-state index contributed by atoms with van der Waals surface area (Å²) in [6.07, 6.45) is 3.95. The van der Waals surface area contributed by atoms with E-state index in [1.54, 1.807) is 12.4 Å². The van der Waals surface area contributed by atoms with Gasteiger partial charge in [-0.3, -0.25) is 9.78 Å². The van der Waals surface area contributed by atoms with Crippen LogP contribution in [-0.2, 0) is 6.42 Å². The highest BCUT2D eigenvalue weighted by molar-refractivity contribution is 5.97. The van der Waals surface area contributed by atoms with Crippen LogP contribution in [0.3, 0.4) is 0 Å². The molecule has 3 aromatic heterocycles. The molecule has 1 aromatic carbocycles. The molecule has 0 atom stereocenters. The van der Waals surface area contributed by atoms with Crippen LogP contribution in [0.4, 0.5) is 0 Å². The van der Waals surface area contributed by atoms with Crippen molar-refractivity contribution in [3.63, 3.8) is 0 Å². The maximum absolute atomic E-state index is 12.0. The van der Waals surface area contributed by atoms with Crippen LogP contribution in [0.25, 0.3) is 22.0 Å². The zero-order valence-electron chi connectivity index (χ0n) is 14.0. The SMILES string of the molecule is Cc1noc(C)c1-c1ccc(Cc2ccc[nH]c2=O)c2ncccc12. The molecule has 0 fully saturated rings. The summed E-state index contributed by atoms with van der Waals surface area (Å²) >= 11 is 0. The second kappa shape index (κ2) is 6.02. The third-order valence-corrected chi connectivity index (χ3v) is 4.44. The highest BCUT2D eigenvalue weighted by atomic mass is 16.5. The van der Waals surface area contributed by atoms with Gasteiger partial charge in [0.1, 0.15) is 5.76 Å². The molecule has 0 aliphatic heterocycles. The van der Waals surface area contributed by atoms with Crippen LogP contribution in [-0.4, -0.2) is 15.1 Å². The third-order valence-electron chi connectivity index (χ3n) is 4.44. The molecule has 0 saturated heterocycles. The number of hydrogen-bond acceptors (Lipinski definition) is 4. The highest BCUT2D eigenvalue weighted by Crippen LogP contribution is 2.34. The van der Waals surface area contributed by atoms with Crippen molar-refractivity contribution in [1.29, 1.82) is 0 Å². The predicted octanol–water partition coefficient (Wildman–Crippen LogP) is 3.79. The Morgan fingerprint density at radius 2 is 1.96 bits per heavy atom. The van der Waals surface area contributed by atoms with Crippen LogP contribution in [0.2, 0.25) is 0 Å². The maximum Gasteiger partial charge on any atom is 0.251 e. The number of aryl methyl sites for hydroxylation is 2. The lowest BCUT2D eigenvalue weighted by Crippen LogP contribution is -2.11. The number of pyridine rings is 2. The minimum atomic E-state index is -0.0682. The second-order valence-corrected chi connectivity index (χ2v) is 6.07. The normalized spacial score (nSPS) is 11.1. The van der Waals surface area contributed by atoms with E-state index in [0.29, 0.717) is 6.42 Å². The minimum absolute atomic E-state index is 0.0682. The summed E-state index contributed by atoms with van der Waals surface area (Å²) in [5.41, 5.74) is 5.47. The Balaban J connectivity index is 1.91. The number of H-pyrrole nitrogens is 1. The number of aromatic nitrogens is 3. The van der Waals surface area contributed by atoms with Gasteiger partial charge < -0.3 is 9.51 Å². The first-order chi connectivity index (χ1) is 12.1. The van der Waals surface area contributed by atoms with Crippen molar-refractivity contribution >= 4 is 10.9 Å². The molecule has 0 unspecified atom stereocenters. The molecule has 0 amide bonds. The molecule has 5 heteroatoms. The molecule has 0 spiro atoms. The van der Waals surface area contributed by atoms with Crippen LogP contribution in [0.5, 0.6) is 0 Å². The van der Waals surface area contributed by atoms with Crippen LogP contribution in [0, 0.1) is 13.8 Å². The molecule has 0 radical (unpaired) electrons. The lowest BCUT2D eigenvalue weighted by molar-refractivity contribution is 0.393. The van der Waals surface area contributed by atoms with Gasteiger partial charge >= 0.3 is 0 Å². The molecule has 0 bridgehead atoms. The first-order valence-corrected chi connectivity index (χ1v) is 8.11. The molecule has 25 heavy (non-hydrogen) atoms. The Morgan fingerprint density at radius 1 is 1.08 bits per heavy atom. The quantitative estimate of drug-likeness (QED) is 0.620. The van der Waals surface area contributed by atoms with Crippen molar-refractivity contribution in [2.75, 3.05) is 0 Å². The molecule has 3 heterocycles. The number of rotatable bonds is 3. The fourth-order valence-corrected chi connectivity index (χ4v) is 3.26. The topological polar surface area (TPSA) is 71.8 Å². The van der Waals surface area contributed by atoms with E-state index in [1.807, 2.05) is 44.2 Å². The van der Waals surface area contributed by atoms with E-state index in [9.17, 15) is 4.79 Å². The molecule has 0 aliphatic rings. The van der Waals surface area contributed by atoms with E-state index in [1.165, 1.54) is 0 Å². The molecule has 4 aromatic rings. The van der Waals surface area contributed by atoms with Gasteiger partial charge in [-0.1, -0.05) is 29.4 Å². The Kier molecular flexibility index (Phi) is 3.69. The summed E-state index contributed by atoms with van der Waals surface area (Å²) in [5.74, 6) is 0.787. The maximum atomic E-state index is 12.0. The van der Waals surface area contributed by atoms with Crippen LogP contribution < -0.4 is 5.56 Å². The molecule has 1 N–H and O–H groups in total. The first kappa shape index (κ1) is 15.3. The van der Waals surface area contributed by atoms with Gasteiger partial charge in [-0.25, -0.2) is 0 Å². The number of nitrogens with zero attached hydrogens (tertiary/aromatic N) is 2. The summed E-state index contributed by atoms with van der Waals surface area (Å²) in [7, 11) is 0. The van der Waals surface area contributed by atoms with Crippen molar-refractivity contribution in [2.45, 2.75) is 20.3 Å². The molecular weight excluding hydrogens is 314 g/mol. The van der Waals surface area contributed by atoms with Gasteiger partial charge in [0.2, 0.25) is 0 Å². The van der Waals surface area contributed by atoms with E-state index in [0.717, 1.165) is 44.6 Å². The first-order valence-electron chi connectivity index (χ1n) is 8.11. The van der Waals surface area contributed by atoms with E-state index < -0.39 is 0 Å². The second-order valence-electron chi connectivity index (χ2n) is 6.07. The molecular formula is C20H17N3O2. The zero-order valence-corrected chi connectivity index (χ0v) is 14.0. The zero-order chi connectivity index (χ0) is 17.4. The molecule has 0 aliphatic carbocycles. The Labute approximate surface area is 144 Å². The van der Waals surface area contributed by atoms with E-state index in [4.69, 9.17) is 4.52 Å². The number of hydrogen-bond donors (Lipinski definition) is 1. The van der Waals surface area contributed by atoms with Crippen molar-refractivity contribution in [3.05, 3.63) is 81.7 Å². The van der Waals surface area contributed by atoms with E-state index in [2.05, 4.69) is 21.2 Å². The lowest BCUT2D eigenvalue weighted by atomic mass is 9.94. The molecule has 0 saturated carbocycles. The number of nitrogens with one attached hydrogen (secondary N) is 1. The fraction of sp³-hybridized carbons (Fsp3) is 0.150. The Bertz CT molecular complexity index is 1110. The summed E-state index contributed by atoms with van der Waals surface area (Å²) in [6.45, 7) is 3.85. The minimum Gasteiger partial charge on any atom is -0.361 e. The van der Waals surface area contributed by atoms with E-state index in [-0.39, 0.29) is 5.56 Å². The average molecular weight is 331 g/mol. The van der Waals surface area contributed by atoms with Gasteiger partial charge in [0.05, 0.1) is 11.2 Å². The average Bonchev–Trinajstić information content (AvgIpc) is 2.96. The van der Waals surface area contributed by atoms with Gasteiger partial charge in [-0.2, -0.15) is 0 Å². The Morgan fingerprint density at radius 3 is 2.72 bits per heavy atom. The van der Waals surface area contributed by atoms with E-state index >= 15 is 0 Å². The fourth-order valence-electron chi connectivity index (χ4n) is 3.26. The highest BCUT2D eigenvalue weighted by Gasteiger charge is 2.16. The number of aromatic amines is 1. The monoisotopic (exact) mass is 331 g/mol. The van der Waals surface area contributed by atoms with Gasteiger partial charge in [0, 0.05) is 35.3 Å². The summed E-state index contributed by atoms with van der Waals surface area (Å²) in [6, 6.07) is 11.7. The molecule has 5 nitrogen and oxygen atoms in total. The molecule has 4 rings (SSSR count). The smallest absolute Gasteiger partial charge is 0.251 e. The third kappa shape index (κ3) is 2.63. The van der Waals surface area contributed by atoms with Crippen molar-refractivity contribution < 1.29 is 4.52 Å². The number of benzene rings is 1. The molecule has 124 valence electrons. The summed E-state index contributed by atoms with van der Waals surface area (Å²) < 4.78 is 5.32.